The summed E-state index contributed by atoms with van der Waals surface area (Å²) in [6.07, 6.45) is 1.10. The van der Waals surface area contributed by atoms with E-state index in [1.54, 1.807) is 7.11 Å². The standard InChI is InChI=1S/C8H18O2/c1-6-8(4,9-5)10-7(2)3/h7H,6H2,1-5H3. The van der Waals surface area contributed by atoms with Crippen molar-refractivity contribution in [2.75, 3.05) is 7.11 Å². The number of methoxy groups -OCH3 is 1. The van der Waals surface area contributed by atoms with E-state index < -0.39 is 5.79 Å². The summed E-state index contributed by atoms with van der Waals surface area (Å²) in [5.41, 5.74) is 0. The van der Waals surface area contributed by atoms with Crippen LogP contribution in [-0.4, -0.2) is 19.0 Å². The molecule has 0 saturated heterocycles. The molecule has 62 valence electrons. The summed E-state index contributed by atoms with van der Waals surface area (Å²) in [4.78, 5) is 0. The normalized spacial score (nSPS) is 17.4. The van der Waals surface area contributed by atoms with Crippen molar-refractivity contribution in [3.63, 3.8) is 0 Å². The van der Waals surface area contributed by atoms with Crippen LogP contribution in [0.1, 0.15) is 34.1 Å². The van der Waals surface area contributed by atoms with Gasteiger partial charge in [0.15, 0.2) is 5.79 Å². The Morgan fingerprint density at radius 2 is 1.90 bits per heavy atom. The van der Waals surface area contributed by atoms with Gasteiger partial charge in [-0.15, -0.1) is 0 Å². The molecule has 0 radical (unpaired) electrons. The fourth-order valence-corrected chi connectivity index (χ4v) is 0.774. The first-order chi connectivity index (χ1) is 4.54. The van der Waals surface area contributed by atoms with Crippen LogP contribution in [0.4, 0.5) is 0 Å². The lowest BCUT2D eigenvalue weighted by Crippen LogP contribution is -2.32. The second-order valence-corrected chi connectivity index (χ2v) is 2.86. The molecule has 0 fully saturated rings. The van der Waals surface area contributed by atoms with Crippen molar-refractivity contribution in [2.45, 2.75) is 46.0 Å². The molecule has 0 aromatic carbocycles. The molecule has 2 nitrogen and oxygen atoms in total. The maximum absolute atomic E-state index is 5.51. The Labute approximate surface area is 63.5 Å². The zero-order valence-electron chi connectivity index (χ0n) is 7.60. The predicted molar refractivity (Wildman–Crippen MR) is 41.9 cm³/mol. The smallest absolute Gasteiger partial charge is 0.165 e. The van der Waals surface area contributed by atoms with Crippen molar-refractivity contribution in [3.8, 4) is 0 Å². The Morgan fingerprint density at radius 3 is 2.00 bits per heavy atom. The first-order valence-corrected chi connectivity index (χ1v) is 3.77. The highest BCUT2D eigenvalue weighted by atomic mass is 16.7. The lowest BCUT2D eigenvalue weighted by molar-refractivity contribution is -0.229. The Hall–Kier alpha value is -0.0800. The number of hydrogen-bond donors (Lipinski definition) is 0. The second-order valence-electron chi connectivity index (χ2n) is 2.86. The number of ether oxygens (including phenoxy) is 2. The van der Waals surface area contributed by atoms with Gasteiger partial charge in [0.1, 0.15) is 0 Å². The van der Waals surface area contributed by atoms with Gasteiger partial charge in [0.2, 0.25) is 0 Å². The van der Waals surface area contributed by atoms with Crippen molar-refractivity contribution in [1.82, 2.24) is 0 Å². The molecule has 1 atom stereocenters. The first-order valence-electron chi connectivity index (χ1n) is 3.77. The highest BCUT2D eigenvalue weighted by Gasteiger charge is 2.22. The molecule has 0 aromatic rings. The van der Waals surface area contributed by atoms with Crippen molar-refractivity contribution in [3.05, 3.63) is 0 Å². The highest BCUT2D eigenvalue weighted by Crippen LogP contribution is 2.17. The molecule has 2 heteroatoms. The van der Waals surface area contributed by atoms with Crippen LogP contribution < -0.4 is 0 Å². The van der Waals surface area contributed by atoms with Crippen molar-refractivity contribution >= 4 is 0 Å². The Bertz CT molecular complexity index is 85.3. The molecule has 0 aliphatic carbocycles. The van der Waals surface area contributed by atoms with Crippen LogP contribution in [0.3, 0.4) is 0 Å². The molecule has 0 aromatic heterocycles. The third-order valence-corrected chi connectivity index (χ3v) is 1.56. The third-order valence-electron chi connectivity index (χ3n) is 1.56. The zero-order chi connectivity index (χ0) is 8.20. The van der Waals surface area contributed by atoms with Crippen LogP contribution in [-0.2, 0) is 9.47 Å². The summed E-state index contributed by atoms with van der Waals surface area (Å²) in [5.74, 6) is -0.395. The van der Waals surface area contributed by atoms with Crippen molar-refractivity contribution in [1.29, 1.82) is 0 Å². The van der Waals surface area contributed by atoms with Gasteiger partial charge in [-0.05, 0) is 27.2 Å². The van der Waals surface area contributed by atoms with E-state index >= 15 is 0 Å². The molecule has 0 heterocycles. The van der Waals surface area contributed by atoms with Gasteiger partial charge in [0.25, 0.3) is 0 Å². The van der Waals surface area contributed by atoms with Gasteiger partial charge in [-0.2, -0.15) is 0 Å². The van der Waals surface area contributed by atoms with Gasteiger partial charge >= 0.3 is 0 Å². The molecular formula is C8H18O2. The molecule has 0 aliphatic heterocycles. The van der Waals surface area contributed by atoms with E-state index in [-0.39, 0.29) is 6.10 Å². The summed E-state index contributed by atoms with van der Waals surface area (Å²) in [6.45, 7) is 8.01. The van der Waals surface area contributed by atoms with Gasteiger partial charge in [0, 0.05) is 7.11 Å². The van der Waals surface area contributed by atoms with Gasteiger partial charge < -0.3 is 9.47 Å². The van der Waals surface area contributed by atoms with Crippen LogP contribution in [0.2, 0.25) is 0 Å². The van der Waals surface area contributed by atoms with Crippen LogP contribution in [0.5, 0.6) is 0 Å². The van der Waals surface area contributed by atoms with Gasteiger partial charge in [0.05, 0.1) is 6.10 Å². The highest BCUT2D eigenvalue weighted by molar-refractivity contribution is 4.59. The van der Waals surface area contributed by atoms with Crippen LogP contribution in [0.25, 0.3) is 0 Å². The number of rotatable bonds is 4. The predicted octanol–water partition coefficient (Wildman–Crippen LogP) is 2.18. The average molecular weight is 146 g/mol. The molecule has 1 unspecified atom stereocenters. The van der Waals surface area contributed by atoms with E-state index in [9.17, 15) is 0 Å². The fourth-order valence-electron chi connectivity index (χ4n) is 0.774. The molecule has 0 rings (SSSR count). The van der Waals surface area contributed by atoms with E-state index in [4.69, 9.17) is 9.47 Å². The lowest BCUT2D eigenvalue weighted by Gasteiger charge is -2.28. The molecule has 10 heavy (non-hydrogen) atoms. The largest absolute Gasteiger partial charge is 0.353 e. The van der Waals surface area contributed by atoms with Crippen molar-refractivity contribution in [2.24, 2.45) is 0 Å². The third kappa shape index (κ3) is 3.18. The SMILES string of the molecule is CCC(C)(OC)OC(C)C. The molecule has 0 bridgehead atoms. The fraction of sp³-hybridized carbons (Fsp3) is 1.00. The summed E-state index contributed by atoms with van der Waals surface area (Å²) in [7, 11) is 1.67. The van der Waals surface area contributed by atoms with Crippen LogP contribution in [0, 0.1) is 0 Å². The second kappa shape index (κ2) is 3.94. The number of hydrogen-bond acceptors (Lipinski definition) is 2. The van der Waals surface area contributed by atoms with Gasteiger partial charge in [-0.25, -0.2) is 0 Å². The zero-order valence-corrected chi connectivity index (χ0v) is 7.60. The summed E-state index contributed by atoms with van der Waals surface area (Å²) in [5, 5.41) is 0. The Kier molecular flexibility index (Phi) is 3.91. The average Bonchev–Trinajstić information content (AvgIpc) is 1.87. The first kappa shape index (κ1) is 9.92. The maximum Gasteiger partial charge on any atom is 0.165 e. The molecule has 0 spiro atoms. The molecule has 0 aliphatic rings. The van der Waals surface area contributed by atoms with Crippen LogP contribution >= 0.6 is 0 Å². The summed E-state index contributed by atoms with van der Waals surface area (Å²) >= 11 is 0. The van der Waals surface area contributed by atoms with E-state index in [1.807, 2.05) is 27.7 Å². The quantitative estimate of drug-likeness (QED) is 0.566. The van der Waals surface area contributed by atoms with Gasteiger partial charge in [-0.3, -0.25) is 0 Å². The summed E-state index contributed by atoms with van der Waals surface area (Å²) < 4.78 is 10.7. The van der Waals surface area contributed by atoms with E-state index in [2.05, 4.69) is 0 Å². The van der Waals surface area contributed by atoms with Crippen molar-refractivity contribution < 1.29 is 9.47 Å². The molecular weight excluding hydrogens is 128 g/mol. The minimum atomic E-state index is -0.395. The topological polar surface area (TPSA) is 18.5 Å². The minimum Gasteiger partial charge on any atom is -0.353 e. The van der Waals surface area contributed by atoms with Crippen LogP contribution in [0.15, 0.2) is 0 Å². The molecule has 0 saturated carbocycles. The van der Waals surface area contributed by atoms with Gasteiger partial charge in [-0.1, -0.05) is 6.92 Å². The molecule has 0 N–H and O–H groups in total. The Morgan fingerprint density at radius 1 is 1.40 bits per heavy atom. The molecule has 0 amide bonds. The van der Waals surface area contributed by atoms with E-state index in [0.29, 0.717) is 0 Å². The minimum absolute atomic E-state index is 0.227. The van der Waals surface area contributed by atoms with E-state index in [1.165, 1.54) is 0 Å². The maximum atomic E-state index is 5.51. The Balaban J connectivity index is 3.80. The lowest BCUT2D eigenvalue weighted by atomic mass is 10.2. The summed E-state index contributed by atoms with van der Waals surface area (Å²) in [6, 6.07) is 0. The monoisotopic (exact) mass is 146 g/mol. The van der Waals surface area contributed by atoms with E-state index in [0.717, 1.165) is 6.42 Å².